The highest BCUT2D eigenvalue weighted by atomic mass is 35.5. The van der Waals surface area contributed by atoms with E-state index in [1.807, 2.05) is 12.1 Å². The fraction of sp³-hybridized carbons (Fsp3) is 0.350. The summed E-state index contributed by atoms with van der Waals surface area (Å²) < 4.78 is 0. The number of anilines is 1. The molecule has 1 aliphatic rings. The first-order valence-electron chi connectivity index (χ1n) is 8.94. The monoisotopic (exact) mass is 425 g/mol. The van der Waals surface area contributed by atoms with E-state index >= 15 is 0 Å². The number of hydrogen-bond acceptors (Lipinski definition) is 3. The third-order valence-corrected chi connectivity index (χ3v) is 5.55. The van der Waals surface area contributed by atoms with Gasteiger partial charge < -0.3 is 10.2 Å². The molecule has 1 saturated heterocycles. The highest BCUT2D eigenvalue weighted by Crippen LogP contribution is 2.29. The molecule has 0 aliphatic carbocycles. The molecule has 1 amide bonds. The molecule has 0 aromatic heterocycles. The van der Waals surface area contributed by atoms with Crippen molar-refractivity contribution in [3.8, 4) is 0 Å². The van der Waals surface area contributed by atoms with Gasteiger partial charge in [-0.05, 0) is 29.8 Å². The number of carbonyl (C=O) groups is 1. The zero-order valence-corrected chi connectivity index (χ0v) is 17.2. The van der Waals surface area contributed by atoms with Crippen molar-refractivity contribution in [1.82, 2.24) is 9.80 Å². The first kappa shape index (κ1) is 20.4. The standard InChI is InChI=1S/C20H22Cl3N3O/c21-16-6-4-15(5-7-16)14-26-12-10-25(11-13-26)9-8-19(27)24-20-17(22)2-1-3-18(20)23/h1-7H,8-14H2,(H,24,27). The summed E-state index contributed by atoms with van der Waals surface area (Å²) in [6.07, 6.45) is 0.415. The van der Waals surface area contributed by atoms with E-state index in [1.54, 1.807) is 18.2 Å². The molecule has 0 atom stereocenters. The Kier molecular flexibility index (Phi) is 7.39. The molecule has 0 bridgehead atoms. The first-order chi connectivity index (χ1) is 13.0. The smallest absolute Gasteiger partial charge is 0.225 e. The van der Waals surface area contributed by atoms with Crippen molar-refractivity contribution in [3.63, 3.8) is 0 Å². The van der Waals surface area contributed by atoms with Gasteiger partial charge in [-0.1, -0.05) is 53.0 Å². The normalized spacial score (nSPS) is 15.7. The zero-order chi connectivity index (χ0) is 19.2. The van der Waals surface area contributed by atoms with Crippen molar-refractivity contribution >= 4 is 46.4 Å². The van der Waals surface area contributed by atoms with Crippen molar-refractivity contribution in [2.24, 2.45) is 0 Å². The Bertz CT molecular complexity index is 754. The van der Waals surface area contributed by atoms with Gasteiger partial charge in [-0.2, -0.15) is 0 Å². The van der Waals surface area contributed by atoms with Gasteiger partial charge in [0.1, 0.15) is 0 Å². The second-order valence-corrected chi connectivity index (χ2v) is 7.89. The quantitative estimate of drug-likeness (QED) is 0.721. The number of hydrogen-bond donors (Lipinski definition) is 1. The lowest BCUT2D eigenvalue weighted by molar-refractivity contribution is -0.116. The van der Waals surface area contributed by atoms with E-state index in [9.17, 15) is 4.79 Å². The molecule has 0 spiro atoms. The molecule has 0 radical (unpaired) electrons. The summed E-state index contributed by atoms with van der Waals surface area (Å²) in [6.45, 7) is 5.53. The number of benzene rings is 2. The van der Waals surface area contributed by atoms with E-state index in [0.717, 1.165) is 44.3 Å². The van der Waals surface area contributed by atoms with Crippen molar-refractivity contribution in [1.29, 1.82) is 0 Å². The molecule has 1 heterocycles. The van der Waals surface area contributed by atoms with Gasteiger partial charge in [-0.3, -0.25) is 9.69 Å². The molecular formula is C20H22Cl3N3O. The van der Waals surface area contributed by atoms with Crippen LogP contribution in [-0.2, 0) is 11.3 Å². The molecule has 2 aromatic carbocycles. The third kappa shape index (κ3) is 6.09. The van der Waals surface area contributed by atoms with Gasteiger partial charge in [-0.15, -0.1) is 0 Å². The fourth-order valence-corrected chi connectivity index (χ4v) is 3.72. The Balaban J connectivity index is 1.40. The maximum Gasteiger partial charge on any atom is 0.225 e. The predicted molar refractivity (Wildman–Crippen MR) is 113 cm³/mol. The Morgan fingerprint density at radius 2 is 1.48 bits per heavy atom. The summed E-state index contributed by atoms with van der Waals surface area (Å²) in [5.74, 6) is -0.0754. The average Bonchev–Trinajstić information content (AvgIpc) is 2.66. The second-order valence-electron chi connectivity index (χ2n) is 6.64. The summed E-state index contributed by atoms with van der Waals surface area (Å²) in [6, 6.07) is 13.2. The van der Waals surface area contributed by atoms with Crippen LogP contribution in [0.25, 0.3) is 0 Å². The number of nitrogens with zero attached hydrogens (tertiary/aromatic N) is 2. The topological polar surface area (TPSA) is 35.6 Å². The number of rotatable bonds is 6. The van der Waals surface area contributed by atoms with E-state index in [0.29, 0.717) is 22.2 Å². The SMILES string of the molecule is O=C(CCN1CCN(Cc2ccc(Cl)cc2)CC1)Nc1c(Cl)cccc1Cl. The van der Waals surface area contributed by atoms with Crippen LogP contribution in [0.5, 0.6) is 0 Å². The van der Waals surface area contributed by atoms with Crippen LogP contribution in [-0.4, -0.2) is 48.4 Å². The minimum Gasteiger partial charge on any atom is -0.324 e. The van der Waals surface area contributed by atoms with Gasteiger partial charge in [0.25, 0.3) is 0 Å². The maximum atomic E-state index is 12.2. The second kappa shape index (κ2) is 9.76. The number of nitrogens with one attached hydrogen (secondary N) is 1. The van der Waals surface area contributed by atoms with Crippen LogP contribution >= 0.6 is 34.8 Å². The summed E-state index contributed by atoms with van der Waals surface area (Å²) in [5, 5.41) is 4.48. The summed E-state index contributed by atoms with van der Waals surface area (Å²) in [4.78, 5) is 16.9. The van der Waals surface area contributed by atoms with E-state index in [2.05, 4.69) is 27.2 Å². The van der Waals surface area contributed by atoms with Gasteiger partial charge in [0.2, 0.25) is 5.91 Å². The summed E-state index contributed by atoms with van der Waals surface area (Å²) >= 11 is 18.1. The molecule has 1 fully saturated rings. The summed E-state index contributed by atoms with van der Waals surface area (Å²) in [7, 11) is 0. The van der Waals surface area contributed by atoms with Crippen LogP contribution in [0.2, 0.25) is 15.1 Å². The Hall–Kier alpha value is -1.30. The van der Waals surface area contributed by atoms with Crippen molar-refractivity contribution in [2.45, 2.75) is 13.0 Å². The predicted octanol–water partition coefficient (Wildman–Crippen LogP) is 4.79. The number of halogens is 3. The highest BCUT2D eigenvalue weighted by molar-refractivity contribution is 6.39. The molecular weight excluding hydrogens is 405 g/mol. The fourth-order valence-electron chi connectivity index (χ4n) is 3.10. The van der Waals surface area contributed by atoms with Gasteiger partial charge >= 0.3 is 0 Å². The lowest BCUT2D eigenvalue weighted by atomic mass is 10.2. The van der Waals surface area contributed by atoms with Crippen molar-refractivity contribution in [3.05, 3.63) is 63.1 Å². The van der Waals surface area contributed by atoms with E-state index in [-0.39, 0.29) is 5.91 Å². The molecule has 0 unspecified atom stereocenters. The van der Waals surface area contributed by atoms with Gasteiger partial charge in [0.15, 0.2) is 0 Å². The Labute approximate surface area is 175 Å². The molecule has 1 N–H and O–H groups in total. The zero-order valence-electron chi connectivity index (χ0n) is 14.9. The molecule has 1 aliphatic heterocycles. The lowest BCUT2D eigenvalue weighted by Gasteiger charge is -2.34. The van der Waals surface area contributed by atoms with Crippen LogP contribution in [0.1, 0.15) is 12.0 Å². The van der Waals surface area contributed by atoms with Crippen LogP contribution in [0.4, 0.5) is 5.69 Å². The number of amides is 1. The Morgan fingerprint density at radius 3 is 2.11 bits per heavy atom. The van der Waals surface area contributed by atoms with Gasteiger partial charge in [-0.25, -0.2) is 0 Å². The largest absolute Gasteiger partial charge is 0.324 e. The maximum absolute atomic E-state index is 12.2. The average molecular weight is 427 g/mol. The number of piperazine rings is 1. The minimum atomic E-state index is -0.0754. The van der Waals surface area contributed by atoms with Crippen molar-refractivity contribution in [2.75, 3.05) is 38.0 Å². The number of carbonyl (C=O) groups excluding carboxylic acids is 1. The van der Waals surface area contributed by atoms with Gasteiger partial charge in [0.05, 0.1) is 15.7 Å². The van der Waals surface area contributed by atoms with E-state index < -0.39 is 0 Å². The summed E-state index contributed by atoms with van der Waals surface area (Å²) in [5.41, 5.74) is 1.75. The van der Waals surface area contributed by atoms with Crippen LogP contribution in [0.15, 0.2) is 42.5 Å². The van der Waals surface area contributed by atoms with Crippen molar-refractivity contribution < 1.29 is 4.79 Å². The minimum absolute atomic E-state index is 0.0754. The highest BCUT2D eigenvalue weighted by Gasteiger charge is 2.18. The molecule has 27 heavy (non-hydrogen) atoms. The Morgan fingerprint density at radius 1 is 0.889 bits per heavy atom. The third-order valence-electron chi connectivity index (χ3n) is 4.67. The molecule has 3 rings (SSSR count). The lowest BCUT2D eigenvalue weighted by Crippen LogP contribution is -2.46. The number of para-hydroxylation sites is 1. The van der Waals surface area contributed by atoms with Crippen LogP contribution in [0.3, 0.4) is 0 Å². The molecule has 7 heteroatoms. The molecule has 144 valence electrons. The van der Waals surface area contributed by atoms with Gasteiger partial charge in [0, 0.05) is 50.7 Å². The van der Waals surface area contributed by atoms with E-state index in [1.165, 1.54) is 5.56 Å². The molecule has 0 saturated carbocycles. The van der Waals surface area contributed by atoms with Crippen LogP contribution < -0.4 is 5.32 Å². The molecule has 4 nitrogen and oxygen atoms in total. The van der Waals surface area contributed by atoms with E-state index in [4.69, 9.17) is 34.8 Å². The van der Waals surface area contributed by atoms with Crippen LogP contribution in [0, 0.1) is 0 Å². The molecule has 2 aromatic rings. The first-order valence-corrected chi connectivity index (χ1v) is 10.1.